The maximum atomic E-state index is 13.0. The van der Waals surface area contributed by atoms with Crippen molar-refractivity contribution in [2.75, 3.05) is 17.7 Å². The summed E-state index contributed by atoms with van der Waals surface area (Å²) < 4.78 is 19.9. The number of para-hydroxylation sites is 1. The summed E-state index contributed by atoms with van der Waals surface area (Å²) in [5.41, 5.74) is 5.82. The molecule has 0 bridgehead atoms. The molecule has 0 atom stereocenters. The first kappa shape index (κ1) is 15.8. The topological polar surface area (TPSA) is 64.3 Å². The first-order valence-electron chi connectivity index (χ1n) is 5.89. The minimum atomic E-state index is -0.526. The Kier molecular flexibility index (Phi) is 5.19. The van der Waals surface area contributed by atoms with Crippen LogP contribution in [0, 0.1) is 5.82 Å². The molecule has 2 aromatic rings. The van der Waals surface area contributed by atoms with Crippen LogP contribution in [-0.4, -0.2) is 12.5 Å². The normalized spacial score (nSPS) is 10.2. The van der Waals surface area contributed by atoms with Crippen LogP contribution in [0.5, 0.6) is 5.75 Å². The van der Waals surface area contributed by atoms with Crippen LogP contribution < -0.4 is 15.8 Å². The van der Waals surface area contributed by atoms with Gasteiger partial charge in [0.15, 0.2) is 6.61 Å². The average molecular weight is 418 g/mol. The lowest BCUT2D eigenvalue weighted by Gasteiger charge is -2.10. The summed E-state index contributed by atoms with van der Waals surface area (Å²) in [5, 5.41) is 2.58. The maximum Gasteiger partial charge on any atom is 0.262 e. The number of carbonyl (C=O) groups is 1. The van der Waals surface area contributed by atoms with Crippen LogP contribution in [-0.2, 0) is 4.79 Å². The number of halogens is 3. The fourth-order valence-corrected chi connectivity index (χ4v) is 2.80. The van der Waals surface area contributed by atoms with Crippen LogP contribution in [0.25, 0.3) is 0 Å². The SMILES string of the molecule is Nc1cc(NC(=O)COc2c(Br)cccc2Br)ccc1F. The van der Waals surface area contributed by atoms with E-state index in [0.717, 1.165) is 8.95 Å². The minimum absolute atomic E-state index is 0.0257. The lowest BCUT2D eigenvalue weighted by Crippen LogP contribution is -2.20. The van der Waals surface area contributed by atoms with Gasteiger partial charge >= 0.3 is 0 Å². The Labute approximate surface area is 137 Å². The Hall–Kier alpha value is -1.60. The zero-order valence-electron chi connectivity index (χ0n) is 10.7. The molecular formula is C14H11Br2FN2O2. The molecule has 0 unspecified atom stereocenters. The van der Waals surface area contributed by atoms with E-state index in [1.54, 1.807) is 12.1 Å². The van der Waals surface area contributed by atoms with E-state index in [-0.39, 0.29) is 18.2 Å². The Bertz CT molecular complexity index is 660. The van der Waals surface area contributed by atoms with Gasteiger partial charge in [-0.05, 0) is 62.2 Å². The van der Waals surface area contributed by atoms with Crippen LogP contribution in [0.1, 0.15) is 0 Å². The fraction of sp³-hybridized carbons (Fsp3) is 0.0714. The van der Waals surface area contributed by atoms with E-state index in [0.29, 0.717) is 11.4 Å². The fourth-order valence-electron chi connectivity index (χ4n) is 1.58. The summed E-state index contributed by atoms with van der Waals surface area (Å²) in [6.45, 7) is -0.182. The third-order valence-electron chi connectivity index (χ3n) is 2.55. The molecule has 0 fully saturated rings. The molecule has 3 N–H and O–H groups in total. The van der Waals surface area contributed by atoms with Gasteiger partial charge in [-0.1, -0.05) is 6.07 Å². The monoisotopic (exact) mass is 416 g/mol. The molecule has 0 aliphatic rings. The predicted molar refractivity (Wildman–Crippen MR) is 86.8 cm³/mol. The molecule has 2 rings (SSSR count). The molecule has 0 aliphatic carbocycles. The van der Waals surface area contributed by atoms with Crippen molar-refractivity contribution in [1.29, 1.82) is 0 Å². The number of ether oxygens (including phenoxy) is 1. The van der Waals surface area contributed by atoms with E-state index in [9.17, 15) is 9.18 Å². The molecule has 0 heterocycles. The van der Waals surface area contributed by atoms with Crippen molar-refractivity contribution in [2.24, 2.45) is 0 Å². The summed E-state index contributed by atoms with van der Waals surface area (Å²) in [7, 11) is 0. The number of nitrogens with one attached hydrogen (secondary N) is 1. The predicted octanol–water partition coefficient (Wildman–Crippen LogP) is 3.95. The highest BCUT2D eigenvalue weighted by Gasteiger charge is 2.10. The summed E-state index contributed by atoms with van der Waals surface area (Å²) >= 11 is 6.67. The van der Waals surface area contributed by atoms with Crippen molar-refractivity contribution in [1.82, 2.24) is 0 Å². The van der Waals surface area contributed by atoms with Crippen molar-refractivity contribution in [3.63, 3.8) is 0 Å². The molecule has 0 aliphatic heterocycles. The Balaban J connectivity index is 1.97. The number of rotatable bonds is 4. The summed E-state index contributed by atoms with van der Waals surface area (Å²) in [5.74, 6) is -0.365. The number of hydrogen-bond acceptors (Lipinski definition) is 3. The van der Waals surface area contributed by atoms with E-state index >= 15 is 0 Å². The van der Waals surface area contributed by atoms with Crippen LogP contribution in [0.15, 0.2) is 45.3 Å². The number of anilines is 2. The van der Waals surface area contributed by atoms with Crippen molar-refractivity contribution < 1.29 is 13.9 Å². The highest BCUT2D eigenvalue weighted by atomic mass is 79.9. The summed E-state index contributed by atoms with van der Waals surface area (Å²) in [6.07, 6.45) is 0. The zero-order chi connectivity index (χ0) is 15.4. The molecule has 0 spiro atoms. The third kappa shape index (κ3) is 4.18. The lowest BCUT2D eigenvalue weighted by molar-refractivity contribution is -0.118. The molecule has 2 aromatic carbocycles. The number of nitrogens with two attached hydrogens (primary N) is 1. The molecule has 110 valence electrons. The van der Waals surface area contributed by atoms with Gasteiger partial charge in [-0.25, -0.2) is 4.39 Å². The van der Waals surface area contributed by atoms with E-state index in [2.05, 4.69) is 37.2 Å². The lowest BCUT2D eigenvalue weighted by atomic mass is 10.2. The van der Waals surface area contributed by atoms with Crippen LogP contribution in [0.2, 0.25) is 0 Å². The van der Waals surface area contributed by atoms with Crippen molar-refractivity contribution in [2.45, 2.75) is 0 Å². The molecule has 0 saturated heterocycles. The first-order chi connectivity index (χ1) is 9.97. The highest BCUT2D eigenvalue weighted by molar-refractivity contribution is 9.11. The molecule has 0 saturated carbocycles. The van der Waals surface area contributed by atoms with E-state index in [4.69, 9.17) is 10.5 Å². The van der Waals surface area contributed by atoms with Crippen molar-refractivity contribution in [3.05, 3.63) is 51.2 Å². The van der Waals surface area contributed by atoms with Crippen LogP contribution in [0.4, 0.5) is 15.8 Å². The molecule has 4 nitrogen and oxygen atoms in total. The molecule has 1 amide bonds. The highest BCUT2D eigenvalue weighted by Crippen LogP contribution is 2.32. The second kappa shape index (κ2) is 6.91. The van der Waals surface area contributed by atoms with Gasteiger partial charge in [0, 0.05) is 5.69 Å². The third-order valence-corrected chi connectivity index (χ3v) is 3.80. The second-order valence-corrected chi connectivity index (χ2v) is 5.83. The van der Waals surface area contributed by atoms with E-state index in [1.807, 2.05) is 6.07 Å². The largest absolute Gasteiger partial charge is 0.481 e. The van der Waals surface area contributed by atoms with Crippen molar-refractivity contribution in [3.8, 4) is 5.75 Å². The van der Waals surface area contributed by atoms with Gasteiger partial charge in [0.1, 0.15) is 11.6 Å². The quantitative estimate of drug-likeness (QED) is 0.740. The number of hydrogen-bond donors (Lipinski definition) is 2. The first-order valence-corrected chi connectivity index (χ1v) is 7.47. The van der Waals surface area contributed by atoms with Gasteiger partial charge in [0.2, 0.25) is 0 Å². The van der Waals surface area contributed by atoms with Gasteiger partial charge < -0.3 is 15.8 Å². The molecule has 21 heavy (non-hydrogen) atoms. The summed E-state index contributed by atoms with van der Waals surface area (Å²) in [6, 6.07) is 9.41. The zero-order valence-corrected chi connectivity index (χ0v) is 13.9. The molecular weight excluding hydrogens is 407 g/mol. The number of benzene rings is 2. The van der Waals surface area contributed by atoms with Crippen molar-refractivity contribution >= 4 is 49.1 Å². The van der Waals surface area contributed by atoms with E-state index < -0.39 is 5.82 Å². The molecule has 0 aromatic heterocycles. The van der Waals surface area contributed by atoms with Gasteiger partial charge in [-0.2, -0.15) is 0 Å². The Morgan fingerprint density at radius 3 is 2.52 bits per heavy atom. The van der Waals surface area contributed by atoms with Gasteiger partial charge in [-0.15, -0.1) is 0 Å². The van der Waals surface area contributed by atoms with Crippen LogP contribution >= 0.6 is 31.9 Å². The number of amides is 1. The van der Waals surface area contributed by atoms with Gasteiger partial charge in [0.25, 0.3) is 5.91 Å². The molecule has 7 heteroatoms. The Morgan fingerprint density at radius 2 is 1.90 bits per heavy atom. The molecule has 0 radical (unpaired) electrons. The number of nitrogen functional groups attached to an aromatic ring is 1. The van der Waals surface area contributed by atoms with Gasteiger partial charge in [-0.3, -0.25) is 4.79 Å². The smallest absolute Gasteiger partial charge is 0.262 e. The second-order valence-electron chi connectivity index (χ2n) is 4.12. The van der Waals surface area contributed by atoms with Gasteiger partial charge in [0.05, 0.1) is 14.6 Å². The average Bonchev–Trinajstić information content (AvgIpc) is 2.42. The number of carbonyl (C=O) groups excluding carboxylic acids is 1. The summed E-state index contributed by atoms with van der Waals surface area (Å²) in [4.78, 5) is 11.8. The standard InChI is InChI=1S/C14H11Br2FN2O2/c15-9-2-1-3-10(16)14(9)21-7-13(20)19-8-4-5-11(17)12(18)6-8/h1-6H,7,18H2,(H,19,20). The minimum Gasteiger partial charge on any atom is -0.481 e. The maximum absolute atomic E-state index is 13.0. The van der Waals surface area contributed by atoms with E-state index in [1.165, 1.54) is 18.2 Å². The van der Waals surface area contributed by atoms with Crippen LogP contribution in [0.3, 0.4) is 0 Å². The Morgan fingerprint density at radius 1 is 1.24 bits per heavy atom.